The third-order valence-corrected chi connectivity index (χ3v) is 3.76. The lowest BCUT2D eigenvalue weighted by Crippen LogP contribution is -2.36. The monoisotopic (exact) mass is 321 g/mol. The number of aromatic nitrogens is 3. The Kier molecular flexibility index (Phi) is 5.19. The zero-order valence-electron chi connectivity index (χ0n) is 13.0. The van der Waals surface area contributed by atoms with Gasteiger partial charge in [0.2, 0.25) is 5.78 Å². The van der Waals surface area contributed by atoms with Crippen molar-refractivity contribution in [1.82, 2.24) is 14.8 Å². The van der Waals surface area contributed by atoms with Crippen LogP contribution in [0.2, 0.25) is 5.02 Å². The van der Waals surface area contributed by atoms with Crippen LogP contribution in [0.5, 0.6) is 5.75 Å². The van der Waals surface area contributed by atoms with Crippen LogP contribution in [-0.2, 0) is 4.79 Å². The van der Waals surface area contributed by atoms with Gasteiger partial charge >= 0.3 is 0 Å². The standard InChI is InChI=1S/C16H20ClN3O2/c1-4-9-16(2,3)14(21)15(20-11-18-10-19-20)22-13-7-5-12(17)6-8-13/h5-8,10-11,15H,4,9H2,1-3H3. The second-order valence-corrected chi connectivity index (χ2v) is 6.23. The molecule has 0 bridgehead atoms. The van der Waals surface area contributed by atoms with E-state index in [1.54, 1.807) is 24.3 Å². The molecule has 6 heteroatoms. The molecule has 0 radical (unpaired) electrons. The number of Topliss-reactive ketones (excluding diaryl/α,β-unsaturated/α-hetero) is 1. The number of halogens is 1. The fourth-order valence-corrected chi connectivity index (χ4v) is 2.42. The highest BCUT2D eigenvalue weighted by Gasteiger charge is 2.36. The molecule has 0 saturated heterocycles. The summed E-state index contributed by atoms with van der Waals surface area (Å²) in [5, 5.41) is 4.67. The maximum absolute atomic E-state index is 12.9. The first-order chi connectivity index (χ1) is 10.4. The molecule has 0 aliphatic heterocycles. The predicted octanol–water partition coefficient (Wildman–Crippen LogP) is 3.90. The van der Waals surface area contributed by atoms with Crippen LogP contribution in [0, 0.1) is 5.41 Å². The van der Waals surface area contributed by atoms with E-state index in [9.17, 15) is 4.79 Å². The van der Waals surface area contributed by atoms with Gasteiger partial charge < -0.3 is 4.74 Å². The van der Waals surface area contributed by atoms with E-state index in [4.69, 9.17) is 16.3 Å². The molecule has 0 spiro atoms. The molecule has 2 aromatic rings. The average molecular weight is 322 g/mol. The van der Waals surface area contributed by atoms with Gasteiger partial charge in [-0.3, -0.25) is 4.79 Å². The molecule has 2 rings (SSSR count). The average Bonchev–Trinajstić information content (AvgIpc) is 3.00. The molecule has 5 nitrogen and oxygen atoms in total. The normalized spacial score (nSPS) is 12.9. The Bertz CT molecular complexity index is 609. The number of ketones is 1. The van der Waals surface area contributed by atoms with Crippen molar-refractivity contribution in [2.24, 2.45) is 5.41 Å². The zero-order valence-corrected chi connectivity index (χ0v) is 13.7. The minimum absolute atomic E-state index is 0.0326. The Labute approximate surface area is 135 Å². The minimum Gasteiger partial charge on any atom is -0.461 e. The van der Waals surface area contributed by atoms with Gasteiger partial charge in [0.1, 0.15) is 18.4 Å². The van der Waals surface area contributed by atoms with Gasteiger partial charge in [-0.25, -0.2) is 9.67 Å². The molecule has 1 heterocycles. The van der Waals surface area contributed by atoms with E-state index in [0.717, 1.165) is 12.8 Å². The van der Waals surface area contributed by atoms with Crippen LogP contribution in [0.25, 0.3) is 0 Å². The van der Waals surface area contributed by atoms with Crippen LogP contribution < -0.4 is 4.74 Å². The van der Waals surface area contributed by atoms with Gasteiger partial charge in [-0.1, -0.05) is 38.8 Å². The molecular formula is C16H20ClN3O2. The molecule has 0 aliphatic carbocycles. The summed E-state index contributed by atoms with van der Waals surface area (Å²) in [6.07, 6.45) is 3.73. The molecule has 1 unspecified atom stereocenters. The highest BCUT2D eigenvalue weighted by Crippen LogP contribution is 2.30. The lowest BCUT2D eigenvalue weighted by atomic mass is 9.82. The molecule has 1 atom stereocenters. The third-order valence-electron chi connectivity index (χ3n) is 3.50. The number of carbonyl (C=O) groups is 1. The first-order valence-corrected chi connectivity index (χ1v) is 7.62. The highest BCUT2D eigenvalue weighted by atomic mass is 35.5. The second kappa shape index (κ2) is 6.92. The Morgan fingerprint density at radius 2 is 2.05 bits per heavy atom. The van der Waals surface area contributed by atoms with Crippen molar-refractivity contribution in [2.45, 2.75) is 39.8 Å². The number of carbonyl (C=O) groups excluding carboxylic acids is 1. The van der Waals surface area contributed by atoms with Crippen molar-refractivity contribution in [3.8, 4) is 5.75 Å². The van der Waals surface area contributed by atoms with Crippen LogP contribution in [0.1, 0.15) is 39.8 Å². The fourth-order valence-electron chi connectivity index (χ4n) is 2.29. The summed E-state index contributed by atoms with van der Waals surface area (Å²) in [7, 11) is 0. The van der Waals surface area contributed by atoms with Gasteiger partial charge in [-0.15, -0.1) is 0 Å². The molecule has 22 heavy (non-hydrogen) atoms. The van der Waals surface area contributed by atoms with Crippen molar-refractivity contribution in [2.75, 3.05) is 0 Å². The second-order valence-electron chi connectivity index (χ2n) is 5.80. The molecular weight excluding hydrogens is 302 g/mol. The molecule has 0 aliphatic rings. The summed E-state index contributed by atoms with van der Waals surface area (Å²) in [5.74, 6) is 0.528. The summed E-state index contributed by atoms with van der Waals surface area (Å²) in [4.78, 5) is 16.8. The van der Waals surface area contributed by atoms with E-state index in [1.807, 2.05) is 13.8 Å². The number of hydrogen-bond donors (Lipinski definition) is 0. The van der Waals surface area contributed by atoms with Crippen LogP contribution in [0.4, 0.5) is 0 Å². The maximum atomic E-state index is 12.9. The quantitative estimate of drug-likeness (QED) is 0.776. The summed E-state index contributed by atoms with van der Waals surface area (Å²) in [6.45, 7) is 5.90. The van der Waals surface area contributed by atoms with Crippen LogP contribution in [-0.4, -0.2) is 20.5 Å². The number of benzene rings is 1. The molecule has 1 aromatic carbocycles. The van der Waals surface area contributed by atoms with Gasteiger partial charge in [-0.2, -0.15) is 5.10 Å². The molecule has 118 valence electrons. The number of ether oxygens (including phenoxy) is 1. The van der Waals surface area contributed by atoms with Crippen molar-refractivity contribution >= 4 is 17.4 Å². The Hall–Kier alpha value is -1.88. The summed E-state index contributed by atoms with van der Waals surface area (Å²) in [6, 6.07) is 6.90. The Morgan fingerprint density at radius 1 is 1.36 bits per heavy atom. The molecule has 0 saturated carbocycles. The van der Waals surface area contributed by atoms with Crippen molar-refractivity contribution in [1.29, 1.82) is 0 Å². The Morgan fingerprint density at radius 3 is 2.59 bits per heavy atom. The number of rotatable bonds is 7. The maximum Gasteiger partial charge on any atom is 0.252 e. The lowest BCUT2D eigenvalue weighted by Gasteiger charge is -2.28. The zero-order chi connectivity index (χ0) is 16.2. The van der Waals surface area contributed by atoms with E-state index < -0.39 is 11.6 Å². The van der Waals surface area contributed by atoms with Gasteiger partial charge in [-0.05, 0) is 30.7 Å². The van der Waals surface area contributed by atoms with Crippen LogP contribution in [0.3, 0.4) is 0 Å². The van der Waals surface area contributed by atoms with Crippen LogP contribution in [0.15, 0.2) is 36.9 Å². The number of hydrogen-bond acceptors (Lipinski definition) is 4. The predicted molar refractivity (Wildman–Crippen MR) is 84.8 cm³/mol. The summed E-state index contributed by atoms with van der Waals surface area (Å²) >= 11 is 5.87. The van der Waals surface area contributed by atoms with E-state index in [1.165, 1.54) is 17.3 Å². The Balaban J connectivity index is 2.27. The first-order valence-electron chi connectivity index (χ1n) is 7.24. The van der Waals surface area contributed by atoms with Crippen molar-refractivity contribution in [3.05, 3.63) is 41.9 Å². The van der Waals surface area contributed by atoms with Crippen LogP contribution >= 0.6 is 11.6 Å². The van der Waals surface area contributed by atoms with Gasteiger partial charge in [0.15, 0.2) is 0 Å². The SMILES string of the molecule is CCCC(C)(C)C(=O)C(Oc1ccc(Cl)cc1)n1cncn1. The van der Waals surface area contributed by atoms with Crippen molar-refractivity contribution < 1.29 is 9.53 Å². The van der Waals surface area contributed by atoms with Crippen molar-refractivity contribution in [3.63, 3.8) is 0 Å². The fraction of sp³-hybridized carbons (Fsp3) is 0.438. The van der Waals surface area contributed by atoms with E-state index in [2.05, 4.69) is 17.0 Å². The third kappa shape index (κ3) is 3.85. The molecule has 0 fully saturated rings. The molecule has 1 aromatic heterocycles. The smallest absolute Gasteiger partial charge is 0.252 e. The first kappa shape index (κ1) is 16.5. The molecule has 0 amide bonds. The molecule has 0 N–H and O–H groups in total. The number of nitrogens with zero attached hydrogens (tertiary/aromatic N) is 3. The topological polar surface area (TPSA) is 57.0 Å². The highest BCUT2D eigenvalue weighted by molar-refractivity contribution is 6.30. The van der Waals surface area contributed by atoms with E-state index >= 15 is 0 Å². The van der Waals surface area contributed by atoms with Gasteiger partial charge in [0.25, 0.3) is 6.23 Å². The summed E-state index contributed by atoms with van der Waals surface area (Å²) in [5.41, 5.74) is -0.502. The minimum atomic E-state index is -0.842. The van der Waals surface area contributed by atoms with Gasteiger partial charge in [0, 0.05) is 10.4 Å². The largest absolute Gasteiger partial charge is 0.461 e. The van der Waals surface area contributed by atoms with Gasteiger partial charge in [0.05, 0.1) is 0 Å². The lowest BCUT2D eigenvalue weighted by molar-refractivity contribution is -0.139. The summed E-state index contributed by atoms with van der Waals surface area (Å²) < 4.78 is 7.30. The van der Waals surface area contributed by atoms with E-state index in [0.29, 0.717) is 10.8 Å². The van der Waals surface area contributed by atoms with E-state index in [-0.39, 0.29) is 5.78 Å².